The monoisotopic (exact) mass is 268 g/mol. The quantitative estimate of drug-likeness (QED) is 0.451. The first-order valence-electron chi connectivity index (χ1n) is 6.36. The first-order valence-corrected chi connectivity index (χ1v) is 7.24. The van der Waals surface area contributed by atoms with Gasteiger partial charge in [0.1, 0.15) is 17.7 Å². The van der Waals surface area contributed by atoms with E-state index in [4.69, 9.17) is 0 Å². The highest BCUT2D eigenvalue weighted by atomic mass is 32.2. The van der Waals surface area contributed by atoms with Crippen LogP contribution < -0.4 is 5.32 Å². The van der Waals surface area contributed by atoms with E-state index in [2.05, 4.69) is 25.7 Å². The van der Waals surface area contributed by atoms with Crippen LogP contribution in [-0.2, 0) is 9.59 Å². The van der Waals surface area contributed by atoms with Gasteiger partial charge in [0.05, 0.1) is 4.75 Å². The Morgan fingerprint density at radius 3 is 2.89 bits per heavy atom. The Labute approximate surface area is 112 Å². The van der Waals surface area contributed by atoms with Crippen molar-refractivity contribution in [1.29, 1.82) is 0 Å². The summed E-state index contributed by atoms with van der Waals surface area (Å²) in [5.41, 5.74) is 0.918. The molecule has 2 aliphatic heterocycles. The number of nitrogens with zero attached hydrogens (tertiary/aromatic N) is 1. The van der Waals surface area contributed by atoms with E-state index in [0.29, 0.717) is 6.42 Å². The normalized spacial score (nSPS) is 29.1. The largest absolute Gasteiger partial charge is 0.303 e. The Morgan fingerprint density at radius 1 is 1.50 bits per heavy atom. The predicted molar refractivity (Wildman–Crippen MR) is 73.1 cm³/mol. The number of hydrogen-bond acceptors (Lipinski definition) is 4. The molecule has 0 radical (unpaired) electrons. The van der Waals surface area contributed by atoms with Crippen molar-refractivity contribution in [2.45, 2.75) is 49.3 Å². The van der Waals surface area contributed by atoms with Crippen LogP contribution in [0.25, 0.3) is 0 Å². The zero-order valence-corrected chi connectivity index (χ0v) is 11.8. The van der Waals surface area contributed by atoms with Crippen LogP contribution in [0.5, 0.6) is 0 Å². The Balaban J connectivity index is 1.81. The molecule has 0 saturated carbocycles. The third-order valence-corrected chi connectivity index (χ3v) is 5.11. The van der Waals surface area contributed by atoms with Crippen LogP contribution in [0.1, 0.15) is 33.1 Å². The molecule has 0 aromatic carbocycles. The van der Waals surface area contributed by atoms with Gasteiger partial charge < -0.3 is 10.1 Å². The van der Waals surface area contributed by atoms with Crippen molar-refractivity contribution in [3.05, 3.63) is 12.3 Å². The van der Waals surface area contributed by atoms with Gasteiger partial charge in [0.25, 0.3) is 0 Å². The summed E-state index contributed by atoms with van der Waals surface area (Å²) in [6.45, 7) is 9.01. The highest BCUT2D eigenvalue weighted by Gasteiger charge is 2.57. The molecule has 2 atom stereocenters. The second-order valence-electron chi connectivity index (χ2n) is 5.27. The molecule has 0 aromatic rings. The molecule has 4 nitrogen and oxygen atoms in total. The molecule has 2 aliphatic rings. The number of unbranched alkanes of at least 4 members (excludes halogenated alkanes) is 2. The maximum Gasteiger partial charge on any atom is 0.247 e. The summed E-state index contributed by atoms with van der Waals surface area (Å²) >= 11 is 1.79. The van der Waals surface area contributed by atoms with E-state index in [0.717, 1.165) is 31.4 Å². The molecular weight excluding hydrogens is 248 g/mol. The molecule has 0 aromatic heterocycles. The number of aldehydes is 1. The van der Waals surface area contributed by atoms with Crippen molar-refractivity contribution >= 4 is 24.0 Å². The number of β-lactam (4-membered cyclic amide) rings is 1. The van der Waals surface area contributed by atoms with Crippen LogP contribution in [0, 0.1) is 0 Å². The van der Waals surface area contributed by atoms with Crippen molar-refractivity contribution in [1.82, 2.24) is 10.2 Å². The number of carbonyl (C=O) groups is 2. The molecule has 2 rings (SSSR count). The standard InChI is InChI=1S/C13H20N2O2S/c1-9-13(2,3)18-12-10(11(17)15(9)12)14-7-5-4-6-8-16/h8,10,12,14H,1,4-7H2,2-3H3/t10-,12-/m1/s1. The van der Waals surface area contributed by atoms with E-state index in [1.807, 2.05) is 4.90 Å². The van der Waals surface area contributed by atoms with Crippen LogP contribution in [0.15, 0.2) is 12.3 Å². The van der Waals surface area contributed by atoms with Gasteiger partial charge in [-0.05, 0) is 33.2 Å². The van der Waals surface area contributed by atoms with Crippen molar-refractivity contribution in [3.8, 4) is 0 Å². The number of nitrogens with one attached hydrogen (secondary N) is 1. The maximum absolute atomic E-state index is 12.0. The van der Waals surface area contributed by atoms with Crippen LogP contribution in [0.2, 0.25) is 0 Å². The third kappa shape index (κ3) is 2.21. The molecule has 0 unspecified atom stereocenters. The minimum atomic E-state index is -0.0789. The van der Waals surface area contributed by atoms with Crippen molar-refractivity contribution in [3.63, 3.8) is 0 Å². The molecular formula is C13H20N2O2S. The molecule has 0 bridgehead atoms. The fourth-order valence-electron chi connectivity index (χ4n) is 2.33. The molecule has 2 fully saturated rings. The lowest BCUT2D eigenvalue weighted by Gasteiger charge is -2.42. The minimum Gasteiger partial charge on any atom is -0.303 e. The Kier molecular flexibility index (Phi) is 3.82. The van der Waals surface area contributed by atoms with E-state index < -0.39 is 0 Å². The molecule has 0 aliphatic carbocycles. The second-order valence-corrected chi connectivity index (χ2v) is 7.01. The van der Waals surface area contributed by atoms with Crippen molar-refractivity contribution in [2.75, 3.05) is 6.54 Å². The van der Waals surface area contributed by atoms with Crippen molar-refractivity contribution < 1.29 is 9.59 Å². The van der Waals surface area contributed by atoms with Gasteiger partial charge in [0.2, 0.25) is 5.91 Å². The second kappa shape index (κ2) is 5.05. The summed E-state index contributed by atoms with van der Waals surface area (Å²) in [7, 11) is 0. The van der Waals surface area contributed by atoms with Gasteiger partial charge in [-0.15, -0.1) is 11.8 Å². The van der Waals surface area contributed by atoms with Gasteiger partial charge >= 0.3 is 0 Å². The van der Waals surface area contributed by atoms with Crippen LogP contribution in [-0.4, -0.2) is 39.8 Å². The van der Waals surface area contributed by atoms with Crippen LogP contribution >= 0.6 is 11.8 Å². The zero-order valence-electron chi connectivity index (χ0n) is 10.9. The smallest absolute Gasteiger partial charge is 0.247 e. The number of hydrogen-bond donors (Lipinski definition) is 1. The predicted octanol–water partition coefficient (Wildman–Crippen LogP) is 1.52. The molecule has 18 heavy (non-hydrogen) atoms. The summed E-state index contributed by atoms with van der Waals surface area (Å²) in [4.78, 5) is 24.0. The van der Waals surface area contributed by atoms with Gasteiger partial charge in [0.15, 0.2) is 0 Å². The highest BCUT2D eigenvalue weighted by molar-refractivity contribution is 8.01. The molecule has 1 amide bonds. The Morgan fingerprint density at radius 2 is 2.22 bits per heavy atom. The zero-order chi connectivity index (χ0) is 13.3. The van der Waals surface area contributed by atoms with E-state index in [9.17, 15) is 9.59 Å². The lowest BCUT2D eigenvalue weighted by atomic mass is 10.0. The average molecular weight is 268 g/mol. The molecule has 2 saturated heterocycles. The summed E-state index contributed by atoms with van der Waals surface area (Å²) in [5, 5.41) is 3.49. The first-order chi connectivity index (χ1) is 8.49. The summed E-state index contributed by atoms with van der Waals surface area (Å²) in [6, 6.07) is -0.0789. The van der Waals surface area contributed by atoms with Gasteiger partial charge in [-0.2, -0.15) is 0 Å². The molecule has 5 heteroatoms. The van der Waals surface area contributed by atoms with Gasteiger partial charge in [-0.1, -0.05) is 6.58 Å². The fraction of sp³-hybridized carbons (Fsp3) is 0.692. The molecule has 0 spiro atoms. The lowest BCUT2D eigenvalue weighted by molar-refractivity contribution is -0.142. The van der Waals surface area contributed by atoms with Crippen LogP contribution in [0.4, 0.5) is 0 Å². The Bertz CT molecular complexity index is 381. The number of thioether (sulfide) groups is 1. The Hall–Kier alpha value is -0.810. The minimum absolute atomic E-state index is 0.0473. The highest BCUT2D eigenvalue weighted by Crippen LogP contribution is 2.52. The topological polar surface area (TPSA) is 49.4 Å². The maximum atomic E-state index is 12.0. The van der Waals surface area contributed by atoms with E-state index in [1.165, 1.54) is 0 Å². The van der Waals surface area contributed by atoms with Gasteiger partial charge in [0, 0.05) is 12.1 Å². The SMILES string of the molecule is C=C1N2C(=O)[C@@H](NCCCCC=O)[C@H]2SC1(C)C. The summed E-state index contributed by atoms with van der Waals surface area (Å²) in [5.74, 6) is 0.137. The average Bonchev–Trinajstić information content (AvgIpc) is 2.52. The van der Waals surface area contributed by atoms with Crippen LogP contribution in [0.3, 0.4) is 0 Å². The molecule has 2 heterocycles. The first kappa shape index (κ1) is 13.6. The number of fused-ring (bicyclic) bond motifs is 1. The lowest BCUT2D eigenvalue weighted by Crippen LogP contribution is -2.65. The fourth-order valence-corrected chi connectivity index (χ4v) is 3.85. The molecule has 100 valence electrons. The molecule has 1 N–H and O–H groups in total. The number of carbonyl (C=O) groups excluding carboxylic acids is 2. The van der Waals surface area contributed by atoms with Crippen molar-refractivity contribution in [2.24, 2.45) is 0 Å². The van der Waals surface area contributed by atoms with Gasteiger partial charge in [-0.25, -0.2) is 0 Å². The number of rotatable bonds is 6. The van der Waals surface area contributed by atoms with E-state index in [1.54, 1.807) is 11.8 Å². The third-order valence-electron chi connectivity index (χ3n) is 3.56. The van der Waals surface area contributed by atoms with E-state index >= 15 is 0 Å². The van der Waals surface area contributed by atoms with E-state index in [-0.39, 0.29) is 22.1 Å². The summed E-state index contributed by atoms with van der Waals surface area (Å²) < 4.78 is -0.0473. The summed E-state index contributed by atoms with van der Waals surface area (Å²) in [6.07, 6.45) is 3.37. The van der Waals surface area contributed by atoms with Gasteiger partial charge in [-0.3, -0.25) is 9.69 Å². The number of amides is 1.